The summed E-state index contributed by atoms with van der Waals surface area (Å²) in [4.78, 5) is 20.7. The van der Waals surface area contributed by atoms with Crippen LogP contribution in [0.15, 0.2) is 24.3 Å². The summed E-state index contributed by atoms with van der Waals surface area (Å²) in [5, 5.41) is 16.9. The van der Waals surface area contributed by atoms with Gasteiger partial charge in [-0.2, -0.15) is 0 Å². The minimum absolute atomic E-state index is 0. The summed E-state index contributed by atoms with van der Waals surface area (Å²) in [6, 6.07) is 5.02. The van der Waals surface area contributed by atoms with Gasteiger partial charge in [-0.3, -0.25) is 0 Å². The van der Waals surface area contributed by atoms with Crippen LogP contribution >= 0.6 is 0 Å². The molecule has 5 N–H and O–H groups in total. The Morgan fingerprint density at radius 3 is 1.21 bits per heavy atom. The first-order chi connectivity index (χ1) is 5.61. The van der Waals surface area contributed by atoms with Gasteiger partial charge in [0.15, 0.2) is 0 Å². The van der Waals surface area contributed by atoms with Crippen LogP contribution in [0.2, 0.25) is 0 Å². The molecule has 0 fully saturated rings. The van der Waals surface area contributed by atoms with Crippen LogP contribution in [0.5, 0.6) is 0 Å². The topological polar surface area (TPSA) is 110 Å². The molecule has 0 aromatic heterocycles. The van der Waals surface area contributed by atoms with E-state index in [1.807, 2.05) is 0 Å². The molecular weight excluding hydrogens is 214 g/mol. The van der Waals surface area contributed by atoms with Crippen molar-refractivity contribution < 1.29 is 19.8 Å². The van der Waals surface area contributed by atoms with Crippen LogP contribution in [0, 0.1) is 0 Å². The van der Waals surface area contributed by atoms with Crippen molar-refractivity contribution >= 4 is 49.7 Å². The summed E-state index contributed by atoms with van der Waals surface area (Å²) in [6.45, 7) is 0. The van der Waals surface area contributed by atoms with Crippen molar-refractivity contribution in [3.63, 3.8) is 0 Å². The van der Waals surface area contributed by atoms with Crippen LogP contribution in [0.25, 0.3) is 0 Å². The Morgan fingerprint density at radius 2 is 1.07 bits per heavy atom. The molecule has 0 aliphatic rings. The molecule has 1 aromatic rings. The van der Waals surface area contributed by atoms with Crippen molar-refractivity contribution in [2.24, 2.45) is 0 Å². The average molecular weight is 225 g/mol. The molecular formula is C8H11CaNO4. The molecule has 1 rings (SSSR count). The molecule has 14 heavy (non-hydrogen) atoms. The van der Waals surface area contributed by atoms with Crippen LogP contribution in [-0.4, -0.2) is 59.9 Å². The number of benzene rings is 1. The van der Waals surface area contributed by atoms with Crippen molar-refractivity contribution in [2.45, 2.75) is 0 Å². The predicted molar refractivity (Wildman–Crippen MR) is 53.9 cm³/mol. The van der Waals surface area contributed by atoms with Gasteiger partial charge < -0.3 is 16.4 Å². The van der Waals surface area contributed by atoms with E-state index in [-0.39, 0.29) is 55.0 Å². The zero-order valence-corrected chi connectivity index (χ0v) is 6.73. The first kappa shape index (κ1) is 15.8. The number of aromatic carboxylic acids is 2. The Labute approximate surface area is 110 Å². The van der Waals surface area contributed by atoms with Gasteiger partial charge in [0.1, 0.15) is 0 Å². The van der Waals surface area contributed by atoms with Gasteiger partial charge in [-0.05, 0) is 24.3 Å². The summed E-state index contributed by atoms with van der Waals surface area (Å²) in [7, 11) is 0. The second-order valence-electron chi connectivity index (χ2n) is 2.19. The van der Waals surface area contributed by atoms with Crippen LogP contribution in [-0.2, 0) is 0 Å². The van der Waals surface area contributed by atoms with Crippen molar-refractivity contribution in [3.05, 3.63) is 35.4 Å². The molecule has 0 aliphatic heterocycles. The van der Waals surface area contributed by atoms with E-state index >= 15 is 0 Å². The van der Waals surface area contributed by atoms with Gasteiger partial charge >= 0.3 is 49.7 Å². The van der Waals surface area contributed by atoms with Gasteiger partial charge in [-0.15, -0.1) is 0 Å². The van der Waals surface area contributed by atoms with Crippen molar-refractivity contribution in [2.75, 3.05) is 0 Å². The second kappa shape index (κ2) is 6.78. The molecule has 5 nitrogen and oxygen atoms in total. The summed E-state index contributed by atoms with van der Waals surface area (Å²) in [5.74, 6) is -2.13. The quantitative estimate of drug-likeness (QED) is 0.628. The number of carboxylic acids is 2. The Hall–Kier alpha value is -0.620. The first-order valence-electron chi connectivity index (χ1n) is 3.18. The van der Waals surface area contributed by atoms with E-state index in [0.717, 1.165) is 0 Å². The zero-order chi connectivity index (χ0) is 9.14. The Balaban J connectivity index is 0. The van der Waals surface area contributed by atoms with Crippen LogP contribution in [0.4, 0.5) is 0 Å². The summed E-state index contributed by atoms with van der Waals surface area (Å²) in [5.41, 5.74) is 0.167. The standard InChI is InChI=1S/C8H6O4.Ca.H3N.2H/c9-7(10)5-1-2-6(4-3-5)8(11)12;;;;/h1-4H,(H,9,10)(H,11,12);;1H3;;. The van der Waals surface area contributed by atoms with Gasteiger partial charge in [0, 0.05) is 0 Å². The van der Waals surface area contributed by atoms with Gasteiger partial charge in [-0.1, -0.05) is 0 Å². The van der Waals surface area contributed by atoms with Gasteiger partial charge in [0.25, 0.3) is 0 Å². The third kappa shape index (κ3) is 4.06. The Morgan fingerprint density at radius 1 is 0.857 bits per heavy atom. The minimum atomic E-state index is -1.06. The molecule has 0 saturated heterocycles. The number of carbonyl (C=O) groups is 2. The van der Waals surface area contributed by atoms with E-state index in [2.05, 4.69) is 0 Å². The molecule has 0 heterocycles. The Bertz CT molecular complexity index is 290. The molecule has 1 aromatic carbocycles. The predicted octanol–water partition coefficient (Wildman–Crippen LogP) is 0.329. The monoisotopic (exact) mass is 225 g/mol. The van der Waals surface area contributed by atoms with Crippen molar-refractivity contribution in [3.8, 4) is 0 Å². The molecule has 0 spiro atoms. The van der Waals surface area contributed by atoms with Crippen LogP contribution in [0.1, 0.15) is 20.7 Å². The molecule has 74 valence electrons. The number of carboxylic acid groups (broad SMARTS) is 2. The number of hydrogen-bond acceptors (Lipinski definition) is 3. The van der Waals surface area contributed by atoms with Gasteiger partial charge in [0.2, 0.25) is 0 Å². The molecule has 0 radical (unpaired) electrons. The molecule has 0 aliphatic carbocycles. The van der Waals surface area contributed by atoms with Crippen LogP contribution < -0.4 is 6.15 Å². The maximum absolute atomic E-state index is 10.3. The normalized spacial score (nSPS) is 8.00. The summed E-state index contributed by atoms with van der Waals surface area (Å²) >= 11 is 0. The van der Waals surface area contributed by atoms with Crippen molar-refractivity contribution in [1.82, 2.24) is 6.15 Å². The summed E-state index contributed by atoms with van der Waals surface area (Å²) < 4.78 is 0. The zero-order valence-electron chi connectivity index (χ0n) is 6.73. The molecule has 0 saturated carbocycles. The number of rotatable bonds is 2. The van der Waals surface area contributed by atoms with E-state index in [1.165, 1.54) is 24.3 Å². The fourth-order valence-electron chi connectivity index (χ4n) is 0.755. The summed E-state index contributed by atoms with van der Waals surface area (Å²) in [6.07, 6.45) is 0. The average Bonchev–Trinajstić information content (AvgIpc) is 2.04. The number of hydrogen-bond donors (Lipinski definition) is 3. The molecule has 0 bridgehead atoms. The molecule has 0 unspecified atom stereocenters. The van der Waals surface area contributed by atoms with E-state index in [0.29, 0.717) is 0 Å². The van der Waals surface area contributed by atoms with Crippen LogP contribution in [0.3, 0.4) is 0 Å². The first-order valence-corrected chi connectivity index (χ1v) is 3.18. The molecule has 6 heteroatoms. The van der Waals surface area contributed by atoms with E-state index in [1.54, 1.807) is 0 Å². The van der Waals surface area contributed by atoms with Crippen molar-refractivity contribution in [1.29, 1.82) is 0 Å². The van der Waals surface area contributed by atoms with E-state index in [4.69, 9.17) is 10.2 Å². The van der Waals surface area contributed by atoms with Gasteiger partial charge in [0.05, 0.1) is 11.1 Å². The molecule has 0 atom stereocenters. The maximum atomic E-state index is 10.3. The fourth-order valence-corrected chi connectivity index (χ4v) is 0.755. The fraction of sp³-hybridized carbons (Fsp3) is 0. The third-order valence-corrected chi connectivity index (χ3v) is 1.38. The second-order valence-corrected chi connectivity index (χ2v) is 2.19. The van der Waals surface area contributed by atoms with Gasteiger partial charge in [-0.25, -0.2) is 9.59 Å². The SMILES string of the molecule is N.O=C(O)c1ccc(C(=O)O)cc1.[CaH2]. The van der Waals surface area contributed by atoms with E-state index in [9.17, 15) is 9.59 Å². The van der Waals surface area contributed by atoms with E-state index < -0.39 is 11.9 Å². The Kier molecular flexibility index (Phi) is 7.67. The third-order valence-electron chi connectivity index (χ3n) is 1.38. The molecule has 0 amide bonds.